The number of fused-ring (bicyclic) bond motifs is 2. The predicted octanol–water partition coefficient (Wildman–Crippen LogP) is 6.99. The van der Waals surface area contributed by atoms with E-state index in [1.807, 2.05) is 47.7 Å². The maximum atomic E-state index is 13.2. The van der Waals surface area contributed by atoms with Gasteiger partial charge in [-0.25, -0.2) is 14.8 Å². The second-order valence-corrected chi connectivity index (χ2v) is 17.7. The van der Waals surface area contributed by atoms with E-state index < -0.39 is 16.8 Å². The maximum Gasteiger partial charge on any atom is 0.410 e. The molecular weight excluding hydrogens is 695 g/mol. The minimum Gasteiger partial charge on any atom is -0.460 e. The number of carbonyl (C=O) groups excluding carboxylic acids is 2. The molecule has 3 aliphatic heterocycles. The van der Waals surface area contributed by atoms with E-state index in [1.54, 1.807) is 4.90 Å². The van der Waals surface area contributed by atoms with Gasteiger partial charge in [0.2, 0.25) is 5.95 Å². The highest BCUT2D eigenvalue weighted by atomic mass is 16.6. The van der Waals surface area contributed by atoms with E-state index in [0.717, 1.165) is 44.3 Å². The fourth-order valence-electron chi connectivity index (χ4n) is 8.59. The molecule has 12 heteroatoms. The Labute approximate surface area is 325 Å². The van der Waals surface area contributed by atoms with Crippen molar-refractivity contribution in [3.05, 3.63) is 59.9 Å². The second-order valence-electron chi connectivity index (χ2n) is 17.7. The Balaban J connectivity index is 1.13. The van der Waals surface area contributed by atoms with Gasteiger partial charge >= 0.3 is 12.1 Å². The van der Waals surface area contributed by atoms with Gasteiger partial charge in [0.25, 0.3) is 0 Å². The van der Waals surface area contributed by atoms with E-state index in [0.29, 0.717) is 45.1 Å². The number of piperazine rings is 1. The number of aromatic nitrogens is 2. The minimum atomic E-state index is -0.620. The first-order valence-corrected chi connectivity index (χ1v) is 20.0. The molecule has 0 spiro atoms. The topological polar surface area (TPSA) is 124 Å². The summed E-state index contributed by atoms with van der Waals surface area (Å²) in [5, 5.41) is 12.2. The average Bonchev–Trinajstić information content (AvgIpc) is 3.12. The molecule has 1 amide bonds. The summed E-state index contributed by atoms with van der Waals surface area (Å²) in [5.41, 5.74) is 1.58. The van der Waals surface area contributed by atoms with Crippen LogP contribution in [-0.2, 0) is 32.0 Å². The monoisotopic (exact) mass is 751 g/mol. The summed E-state index contributed by atoms with van der Waals surface area (Å²) in [6.45, 7) is 15.2. The number of carbonyl (C=O) groups is 2. The molecule has 2 aromatic carbocycles. The molecule has 1 aliphatic carbocycles. The molecule has 294 valence electrons. The summed E-state index contributed by atoms with van der Waals surface area (Å²) < 4.78 is 18.6. The van der Waals surface area contributed by atoms with Crippen molar-refractivity contribution in [2.45, 2.75) is 135 Å². The summed E-state index contributed by atoms with van der Waals surface area (Å²) in [6, 6.07) is 17.2. The number of rotatable bonds is 8. The Bertz CT molecular complexity index is 1910. The van der Waals surface area contributed by atoms with Crippen molar-refractivity contribution in [1.82, 2.24) is 19.8 Å². The lowest BCUT2D eigenvalue weighted by atomic mass is 9.77. The van der Waals surface area contributed by atoms with E-state index in [1.165, 1.54) is 22.0 Å². The number of nitrogens with zero attached hydrogens (tertiary/aromatic N) is 7. The third-order valence-corrected chi connectivity index (χ3v) is 11.3. The lowest BCUT2D eigenvalue weighted by Gasteiger charge is -2.51. The van der Waals surface area contributed by atoms with Gasteiger partial charge < -0.3 is 28.9 Å². The van der Waals surface area contributed by atoms with Gasteiger partial charge in [-0.2, -0.15) is 5.26 Å². The zero-order valence-electron chi connectivity index (χ0n) is 33.4. The summed E-state index contributed by atoms with van der Waals surface area (Å²) in [4.78, 5) is 45.3. The van der Waals surface area contributed by atoms with Crippen molar-refractivity contribution in [3.63, 3.8) is 0 Å². The van der Waals surface area contributed by atoms with E-state index >= 15 is 0 Å². The Kier molecular flexibility index (Phi) is 11.0. The van der Waals surface area contributed by atoms with Crippen LogP contribution in [0.2, 0.25) is 0 Å². The molecule has 3 aromatic rings. The molecule has 7 rings (SSSR count). The molecule has 1 aromatic heterocycles. The lowest BCUT2D eigenvalue weighted by Crippen LogP contribution is -2.61. The number of esters is 1. The van der Waals surface area contributed by atoms with Crippen LogP contribution in [0.3, 0.4) is 0 Å². The highest BCUT2D eigenvalue weighted by Crippen LogP contribution is 2.43. The van der Waals surface area contributed by atoms with Gasteiger partial charge in [-0.3, -0.25) is 9.69 Å². The van der Waals surface area contributed by atoms with Crippen molar-refractivity contribution < 1.29 is 23.8 Å². The fraction of sp³-hybridized carbons (Fsp3) is 0.605. The number of amides is 1. The first kappa shape index (κ1) is 38.8. The number of nitriles is 1. The van der Waals surface area contributed by atoms with Gasteiger partial charge in [0.1, 0.15) is 17.4 Å². The first-order valence-electron chi connectivity index (χ1n) is 20.0. The molecule has 3 atom stereocenters. The van der Waals surface area contributed by atoms with Crippen LogP contribution in [0, 0.1) is 11.3 Å². The van der Waals surface area contributed by atoms with Gasteiger partial charge in [0.15, 0.2) is 0 Å². The molecule has 4 aliphatic rings. The summed E-state index contributed by atoms with van der Waals surface area (Å²) >= 11 is 0. The Morgan fingerprint density at radius 3 is 2.45 bits per heavy atom. The number of hydrogen-bond donors (Lipinski definition) is 0. The van der Waals surface area contributed by atoms with Crippen molar-refractivity contribution in [2.24, 2.45) is 0 Å². The van der Waals surface area contributed by atoms with Crippen LogP contribution in [0.5, 0.6) is 0 Å². The van der Waals surface area contributed by atoms with E-state index in [2.05, 4.69) is 63.2 Å². The molecule has 0 N–H and O–H groups in total. The summed E-state index contributed by atoms with van der Waals surface area (Å²) in [6.07, 6.45) is 6.59. The first-order chi connectivity index (χ1) is 26.2. The number of benzene rings is 2. The van der Waals surface area contributed by atoms with Crippen molar-refractivity contribution in [2.75, 3.05) is 42.5 Å². The quantitative estimate of drug-likeness (QED) is 0.221. The minimum absolute atomic E-state index is 0.140. The number of ether oxygens (including phenoxy) is 3. The van der Waals surface area contributed by atoms with Crippen LogP contribution in [0.25, 0.3) is 10.8 Å². The molecule has 0 radical (unpaired) electrons. The van der Waals surface area contributed by atoms with Crippen LogP contribution < -0.4 is 9.80 Å². The van der Waals surface area contributed by atoms with Crippen molar-refractivity contribution in [1.29, 1.82) is 5.26 Å². The third kappa shape index (κ3) is 9.00. The largest absolute Gasteiger partial charge is 0.460 e. The van der Waals surface area contributed by atoms with Gasteiger partial charge in [-0.1, -0.05) is 36.4 Å². The van der Waals surface area contributed by atoms with Crippen LogP contribution in [-0.4, -0.2) is 99.7 Å². The highest BCUT2D eigenvalue weighted by Gasteiger charge is 2.47. The highest BCUT2D eigenvalue weighted by molar-refractivity contribution is 5.94. The second kappa shape index (κ2) is 15.6. The van der Waals surface area contributed by atoms with E-state index in [4.69, 9.17) is 24.2 Å². The zero-order chi connectivity index (χ0) is 39.0. The van der Waals surface area contributed by atoms with Crippen LogP contribution >= 0.6 is 0 Å². The SMILES string of the molecule is CC(C)(C)OC(=O)CC1(OC2CC(N3CCN(C(=O)OC(C)(C)C)[C@@H](CC#N)C3)CCN2c2ncc3c(n2)CN(c2cccc4ccccc24)CC3)CCC1. The van der Waals surface area contributed by atoms with Gasteiger partial charge in [0, 0.05) is 62.5 Å². The predicted molar refractivity (Wildman–Crippen MR) is 212 cm³/mol. The molecule has 4 heterocycles. The molecule has 3 fully saturated rings. The van der Waals surface area contributed by atoms with Crippen LogP contribution in [0.1, 0.15) is 97.7 Å². The molecule has 2 unspecified atom stereocenters. The Hall–Kier alpha value is -4.47. The average molecular weight is 752 g/mol. The van der Waals surface area contributed by atoms with Crippen molar-refractivity contribution >= 4 is 34.5 Å². The number of hydrogen-bond acceptors (Lipinski definition) is 11. The molecule has 0 bridgehead atoms. The number of piperidine rings is 1. The van der Waals surface area contributed by atoms with Gasteiger partial charge in [-0.05, 0) is 90.7 Å². The lowest BCUT2D eigenvalue weighted by molar-refractivity contribution is -0.182. The maximum absolute atomic E-state index is 13.2. The summed E-state index contributed by atoms with van der Waals surface area (Å²) in [5.74, 6) is 0.396. The molecule has 2 saturated heterocycles. The van der Waals surface area contributed by atoms with Crippen molar-refractivity contribution in [3.8, 4) is 6.07 Å². The molecule has 55 heavy (non-hydrogen) atoms. The fourth-order valence-corrected chi connectivity index (χ4v) is 8.59. The number of anilines is 2. The summed E-state index contributed by atoms with van der Waals surface area (Å²) in [7, 11) is 0. The standard InChI is InChI=1S/C43H57N7O5/c1-41(2,3)54-38(51)26-43(18-10-19-43)53-37-25-32(47-23-24-49(33(28-47)15-20-44)40(52)55-42(4,5)6)17-22-50(37)39-45-27-31-16-21-48(29-35(31)46-39)36-14-9-12-30-11-7-8-13-34(30)36/h7-9,11-14,27,32-33,37H,10,15-19,21-26,28-29H2,1-6H3/t32?,33-,37?/m0/s1. The molecule has 12 nitrogen and oxygen atoms in total. The van der Waals surface area contributed by atoms with Crippen LogP contribution in [0.4, 0.5) is 16.4 Å². The molecular formula is C43H57N7O5. The molecule has 1 saturated carbocycles. The smallest absolute Gasteiger partial charge is 0.410 e. The Morgan fingerprint density at radius 1 is 0.964 bits per heavy atom. The normalized spacial score (nSPS) is 23.1. The van der Waals surface area contributed by atoms with Gasteiger partial charge in [-0.15, -0.1) is 0 Å². The van der Waals surface area contributed by atoms with E-state index in [9.17, 15) is 14.9 Å². The zero-order valence-corrected chi connectivity index (χ0v) is 33.4. The van der Waals surface area contributed by atoms with Gasteiger partial charge in [0.05, 0.1) is 42.8 Å². The third-order valence-electron chi connectivity index (χ3n) is 11.3. The van der Waals surface area contributed by atoms with Crippen LogP contribution in [0.15, 0.2) is 48.7 Å². The van der Waals surface area contributed by atoms with E-state index in [-0.39, 0.29) is 43.2 Å². The Morgan fingerprint density at radius 2 is 1.73 bits per heavy atom.